The predicted octanol–water partition coefficient (Wildman–Crippen LogP) is 3.10. The summed E-state index contributed by atoms with van der Waals surface area (Å²) in [6.45, 7) is 2.02. The third kappa shape index (κ3) is 4.84. The molecular formula is C18H23F3N4O2. The van der Waals surface area contributed by atoms with Gasteiger partial charge >= 0.3 is 12.2 Å². The molecule has 0 unspecified atom stereocenters. The first kappa shape index (κ1) is 19.3. The number of urea groups is 1. The van der Waals surface area contributed by atoms with Gasteiger partial charge in [0.2, 0.25) is 5.91 Å². The van der Waals surface area contributed by atoms with Gasteiger partial charge in [-0.2, -0.15) is 13.2 Å². The van der Waals surface area contributed by atoms with Crippen molar-refractivity contribution >= 4 is 23.3 Å². The van der Waals surface area contributed by atoms with Crippen LogP contribution in [0.4, 0.5) is 29.3 Å². The van der Waals surface area contributed by atoms with Crippen molar-refractivity contribution in [3.63, 3.8) is 0 Å². The van der Waals surface area contributed by atoms with Gasteiger partial charge in [0.25, 0.3) is 0 Å². The Balaban J connectivity index is 1.78. The van der Waals surface area contributed by atoms with Gasteiger partial charge in [0.15, 0.2) is 0 Å². The molecule has 148 valence electrons. The van der Waals surface area contributed by atoms with Crippen molar-refractivity contribution in [3.05, 3.63) is 23.8 Å². The van der Waals surface area contributed by atoms with Crippen LogP contribution in [-0.4, -0.2) is 37.6 Å². The van der Waals surface area contributed by atoms with Crippen molar-refractivity contribution in [1.29, 1.82) is 0 Å². The molecule has 2 saturated heterocycles. The summed E-state index contributed by atoms with van der Waals surface area (Å²) in [7, 11) is 0. The topological polar surface area (TPSA) is 73.5 Å². The number of nitrogens with zero attached hydrogens (tertiary/aromatic N) is 1. The van der Waals surface area contributed by atoms with E-state index in [4.69, 9.17) is 0 Å². The molecule has 0 aliphatic carbocycles. The number of amides is 3. The van der Waals surface area contributed by atoms with Crippen LogP contribution in [0.2, 0.25) is 0 Å². The van der Waals surface area contributed by atoms with Crippen LogP contribution in [0, 0.1) is 0 Å². The van der Waals surface area contributed by atoms with Gasteiger partial charge in [-0.15, -0.1) is 0 Å². The molecule has 0 spiro atoms. The normalized spacial score (nSPS) is 20.8. The second-order valence-electron chi connectivity index (χ2n) is 6.86. The fourth-order valence-corrected chi connectivity index (χ4v) is 3.44. The van der Waals surface area contributed by atoms with Crippen LogP contribution in [0.5, 0.6) is 0 Å². The summed E-state index contributed by atoms with van der Waals surface area (Å²) in [5, 5.41) is 7.80. The number of carbonyl (C=O) groups is 2. The fraction of sp³-hybridized carbons (Fsp3) is 0.556. The van der Waals surface area contributed by atoms with E-state index in [2.05, 4.69) is 16.0 Å². The lowest BCUT2D eigenvalue weighted by Crippen LogP contribution is -2.47. The third-order valence-electron chi connectivity index (χ3n) is 4.86. The molecule has 2 fully saturated rings. The average molecular weight is 384 g/mol. The van der Waals surface area contributed by atoms with E-state index in [0.717, 1.165) is 50.9 Å². The minimum Gasteiger partial charge on any atom is -0.370 e. The molecule has 0 radical (unpaired) electrons. The smallest absolute Gasteiger partial charge is 0.370 e. The van der Waals surface area contributed by atoms with E-state index < -0.39 is 23.8 Å². The summed E-state index contributed by atoms with van der Waals surface area (Å²) in [5.74, 6) is -0.272. The molecule has 3 N–H and O–H groups in total. The summed E-state index contributed by atoms with van der Waals surface area (Å²) in [6, 6.07) is 1.99. The second kappa shape index (κ2) is 8.06. The highest BCUT2D eigenvalue weighted by atomic mass is 19.4. The predicted molar refractivity (Wildman–Crippen MR) is 95.7 cm³/mol. The highest BCUT2D eigenvalue weighted by Crippen LogP contribution is 2.36. The Kier molecular flexibility index (Phi) is 5.76. The van der Waals surface area contributed by atoms with Crippen LogP contribution in [0.15, 0.2) is 18.2 Å². The monoisotopic (exact) mass is 384 g/mol. The molecule has 3 amide bonds. The van der Waals surface area contributed by atoms with E-state index in [1.807, 2.05) is 4.90 Å². The third-order valence-corrected chi connectivity index (χ3v) is 4.86. The molecule has 1 aromatic rings. The first-order chi connectivity index (χ1) is 12.8. The number of hydrogen-bond donors (Lipinski definition) is 3. The SMILES string of the molecule is O=C(Nc1cc(C(F)(F)F)ccc1N1CCCC1)N[C@@H]1CCCCNC1=O. The molecule has 2 aliphatic heterocycles. The summed E-state index contributed by atoms with van der Waals surface area (Å²) >= 11 is 0. The first-order valence-electron chi connectivity index (χ1n) is 9.16. The Morgan fingerprint density at radius 3 is 2.59 bits per heavy atom. The molecule has 2 aliphatic rings. The van der Waals surface area contributed by atoms with E-state index >= 15 is 0 Å². The van der Waals surface area contributed by atoms with Crippen LogP contribution in [0.1, 0.15) is 37.7 Å². The van der Waals surface area contributed by atoms with Gasteiger partial charge in [0.05, 0.1) is 16.9 Å². The van der Waals surface area contributed by atoms with Crippen LogP contribution >= 0.6 is 0 Å². The molecule has 9 heteroatoms. The number of hydrogen-bond acceptors (Lipinski definition) is 3. The van der Waals surface area contributed by atoms with Crippen LogP contribution in [-0.2, 0) is 11.0 Å². The molecule has 0 saturated carbocycles. The zero-order valence-electron chi connectivity index (χ0n) is 14.9. The highest BCUT2D eigenvalue weighted by Gasteiger charge is 2.32. The molecule has 0 bridgehead atoms. The van der Waals surface area contributed by atoms with Crippen molar-refractivity contribution in [1.82, 2.24) is 10.6 Å². The maximum Gasteiger partial charge on any atom is 0.416 e. The molecule has 2 heterocycles. The van der Waals surface area contributed by atoms with Crippen LogP contribution in [0.3, 0.4) is 0 Å². The van der Waals surface area contributed by atoms with Gasteiger partial charge in [-0.1, -0.05) is 0 Å². The number of carbonyl (C=O) groups excluding carboxylic acids is 2. The minimum atomic E-state index is -4.50. The quantitative estimate of drug-likeness (QED) is 0.750. The largest absolute Gasteiger partial charge is 0.416 e. The number of halogens is 3. The van der Waals surface area contributed by atoms with Crippen LogP contribution < -0.4 is 20.9 Å². The first-order valence-corrected chi connectivity index (χ1v) is 9.16. The maximum atomic E-state index is 13.1. The second-order valence-corrected chi connectivity index (χ2v) is 6.86. The lowest BCUT2D eigenvalue weighted by molar-refractivity contribution is -0.137. The van der Waals surface area contributed by atoms with E-state index in [9.17, 15) is 22.8 Å². The standard InChI is InChI=1S/C18H23F3N4O2/c19-18(20,21)12-6-7-15(25-9-3-4-10-25)14(11-12)24-17(27)23-13-5-1-2-8-22-16(13)26/h6-7,11,13H,1-5,8-10H2,(H,22,26)(H2,23,24,27)/t13-/m1/s1. The molecule has 0 aromatic heterocycles. The van der Waals surface area contributed by atoms with E-state index in [-0.39, 0.29) is 11.6 Å². The summed E-state index contributed by atoms with van der Waals surface area (Å²) in [5.41, 5.74) is -0.174. The molecule has 1 atom stereocenters. The molecule has 3 rings (SSSR count). The zero-order valence-corrected chi connectivity index (χ0v) is 14.9. The van der Waals surface area contributed by atoms with Gasteiger partial charge in [-0.25, -0.2) is 4.79 Å². The summed E-state index contributed by atoms with van der Waals surface area (Å²) < 4.78 is 39.3. The minimum absolute atomic E-state index is 0.0956. The van der Waals surface area contributed by atoms with Crippen molar-refractivity contribution in [2.45, 2.75) is 44.3 Å². The zero-order chi connectivity index (χ0) is 19.4. The Hall–Kier alpha value is -2.45. The maximum absolute atomic E-state index is 13.1. The lowest BCUT2D eigenvalue weighted by atomic mass is 10.1. The van der Waals surface area contributed by atoms with Gasteiger partial charge in [-0.3, -0.25) is 4.79 Å². The summed E-state index contributed by atoms with van der Waals surface area (Å²) in [4.78, 5) is 26.3. The van der Waals surface area contributed by atoms with E-state index in [1.165, 1.54) is 6.07 Å². The fourth-order valence-electron chi connectivity index (χ4n) is 3.44. The van der Waals surface area contributed by atoms with Crippen molar-refractivity contribution in [2.75, 3.05) is 29.9 Å². The van der Waals surface area contributed by atoms with Crippen molar-refractivity contribution < 1.29 is 22.8 Å². The number of rotatable bonds is 3. The van der Waals surface area contributed by atoms with Gasteiger partial charge in [0.1, 0.15) is 6.04 Å². The Labute approximate surface area is 155 Å². The Morgan fingerprint density at radius 2 is 1.89 bits per heavy atom. The van der Waals surface area contributed by atoms with E-state index in [0.29, 0.717) is 18.7 Å². The van der Waals surface area contributed by atoms with Gasteiger partial charge in [0, 0.05) is 19.6 Å². The van der Waals surface area contributed by atoms with Gasteiger partial charge < -0.3 is 20.9 Å². The number of benzene rings is 1. The van der Waals surface area contributed by atoms with Gasteiger partial charge in [-0.05, 0) is 50.3 Å². The molecule has 27 heavy (non-hydrogen) atoms. The number of nitrogens with one attached hydrogen (secondary N) is 3. The highest BCUT2D eigenvalue weighted by molar-refractivity contribution is 5.96. The molecular weight excluding hydrogens is 361 g/mol. The van der Waals surface area contributed by atoms with Crippen LogP contribution in [0.25, 0.3) is 0 Å². The Morgan fingerprint density at radius 1 is 1.15 bits per heavy atom. The average Bonchev–Trinajstić information content (AvgIpc) is 3.06. The number of anilines is 2. The number of alkyl halides is 3. The summed E-state index contributed by atoms with van der Waals surface area (Å²) in [6.07, 6.45) is -0.479. The van der Waals surface area contributed by atoms with Crippen molar-refractivity contribution in [3.8, 4) is 0 Å². The lowest BCUT2D eigenvalue weighted by Gasteiger charge is -2.23. The molecule has 6 nitrogen and oxygen atoms in total. The molecule has 1 aromatic carbocycles. The van der Waals surface area contributed by atoms with E-state index in [1.54, 1.807) is 0 Å². The Bertz CT molecular complexity index is 702. The van der Waals surface area contributed by atoms with Crippen molar-refractivity contribution in [2.24, 2.45) is 0 Å².